The summed E-state index contributed by atoms with van der Waals surface area (Å²) in [5.41, 5.74) is 5.81. The van der Waals surface area contributed by atoms with E-state index in [0.29, 0.717) is 11.5 Å². The van der Waals surface area contributed by atoms with Crippen molar-refractivity contribution in [1.82, 2.24) is 15.1 Å². The third-order valence-corrected chi connectivity index (χ3v) is 3.25. The monoisotopic (exact) mass is 238 g/mol. The van der Waals surface area contributed by atoms with Gasteiger partial charge in [0.15, 0.2) is 0 Å². The average Bonchev–Trinajstić information content (AvgIpc) is 2.95. The van der Waals surface area contributed by atoms with Gasteiger partial charge in [0.05, 0.1) is 22.6 Å². The van der Waals surface area contributed by atoms with Crippen molar-refractivity contribution in [1.29, 1.82) is 0 Å². The van der Waals surface area contributed by atoms with Crippen molar-refractivity contribution in [2.75, 3.05) is 0 Å². The molecule has 0 radical (unpaired) electrons. The molecular weight excluding hydrogens is 224 g/mol. The first kappa shape index (κ1) is 11.1. The topological polar surface area (TPSA) is 72.9 Å². The Hall–Kier alpha value is -1.43. The Labute approximate surface area is 99.0 Å². The number of aryl methyl sites for hydroxylation is 1. The number of hydrogen-bond acceptors (Lipinski definition) is 3. The van der Waals surface area contributed by atoms with Gasteiger partial charge in [0.2, 0.25) is 5.91 Å². The first-order valence-corrected chi connectivity index (χ1v) is 5.52. The Bertz CT molecular complexity index is 436. The average molecular weight is 238 g/mol. The predicted molar refractivity (Wildman–Crippen MR) is 63.5 cm³/mol. The Morgan fingerprint density at radius 1 is 1.75 bits per heavy atom. The molecule has 86 valence electrons. The van der Waals surface area contributed by atoms with Gasteiger partial charge in [-0.15, -0.1) is 0 Å². The summed E-state index contributed by atoms with van der Waals surface area (Å²) < 4.78 is 1.70. The van der Waals surface area contributed by atoms with Gasteiger partial charge in [-0.25, -0.2) is 0 Å². The maximum Gasteiger partial charge on any atom is 0.233 e. The third-order valence-electron chi connectivity index (χ3n) is 2.86. The standard InChI is InChI=1S/C10H14N4OS/c1-14-5-2-7(13-14)6-12-9(15)10(3-4-10)8(11)16/h2,5H,3-4,6H2,1H3,(H2,11,16)(H,12,15). The number of carbonyl (C=O) groups is 1. The van der Waals surface area contributed by atoms with Crippen molar-refractivity contribution >= 4 is 23.1 Å². The molecule has 1 aliphatic carbocycles. The van der Waals surface area contributed by atoms with Crippen LogP contribution in [0.2, 0.25) is 0 Å². The fraction of sp³-hybridized carbons (Fsp3) is 0.500. The minimum absolute atomic E-state index is 0.0781. The van der Waals surface area contributed by atoms with E-state index in [0.717, 1.165) is 18.5 Å². The summed E-state index contributed by atoms with van der Waals surface area (Å²) in [4.78, 5) is 12.1. The van der Waals surface area contributed by atoms with Crippen molar-refractivity contribution in [3.8, 4) is 0 Å². The van der Waals surface area contributed by atoms with Crippen LogP contribution < -0.4 is 11.1 Å². The normalized spacial score (nSPS) is 16.8. The summed E-state index contributed by atoms with van der Waals surface area (Å²) >= 11 is 4.90. The molecule has 0 bridgehead atoms. The van der Waals surface area contributed by atoms with Gasteiger partial charge >= 0.3 is 0 Å². The van der Waals surface area contributed by atoms with E-state index in [1.54, 1.807) is 4.68 Å². The number of hydrogen-bond donors (Lipinski definition) is 2. The van der Waals surface area contributed by atoms with Gasteiger partial charge in [0.25, 0.3) is 0 Å². The minimum Gasteiger partial charge on any atom is -0.392 e. The molecule has 1 saturated carbocycles. The molecule has 0 aliphatic heterocycles. The molecule has 1 aliphatic rings. The quantitative estimate of drug-likeness (QED) is 0.730. The summed E-state index contributed by atoms with van der Waals surface area (Å²) in [6, 6.07) is 1.86. The van der Waals surface area contributed by atoms with E-state index in [-0.39, 0.29) is 5.91 Å². The molecule has 1 aromatic heterocycles. The molecule has 0 spiro atoms. The lowest BCUT2D eigenvalue weighted by Gasteiger charge is -2.12. The van der Waals surface area contributed by atoms with Crippen LogP contribution in [-0.2, 0) is 18.4 Å². The lowest BCUT2D eigenvalue weighted by Crippen LogP contribution is -2.39. The van der Waals surface area contributed by atoms with Crippen LogP contribution in [0.5, 0.6) is 0 Å². The highest BCUT2D eigenvalue weighted by atomic mass is 32.1. The molecule has 0 saturated heterocycles. The Kier molecular flexibility index (Phi) is 2.67. The Balaban J connectivity index is 1.92. The molecule has 2 rings (SSSR count). The number of nitrogens with two attached hydrogens (primary N) is 1. The summed E-state index contributed by atoms with van der Waals surface area (Å²) in [5.74, 6) is -0.0781. The largest absolute Gasteiger partial charge is 0.392 e. The Morgan fingerprint density at radius 3 is 2.88 bits per heavy atom. The van der Waals surface area contributed by atoms with Crippen LogP contribution in [0.25, 0.3) is 0 Å². The van der Waals surface area contributed by atoms with Gasteiger partial charge in [-0.2, -0.15) is 5.10 Å². The third kappa shape index (κ3) is 1.92. The van der Waals surface area contributed by atoms with Crippen LogP contribution in [0.1, 0.15) is 18.5 Å². The molecule has 16 heavy (non-hydrogen) atoms. The van der Waals surface area contributed by atoms with Gasteiger partial charge in [0, 0.05) is 13.2 Å². The number of aromatic nitrogens is 2. The second-order valence-corrected chi connectivity index (χ2v) is 4.55. The molecule has 3 N–H and O–H groups in total. The second kappa shape index (κ2) is 3.86. The second-order valence-electron chi connectivity index (χ2n) is 4.11. The highest BCUT2D eigenvalue weighted by molar-refractivity contribution is 7.80. The lowest BCUT2D eigenvalue weighted by atomic mass is 10.1. The minimum atomic E-state index is -0.579. The molecule has 0 atom stereocenters. The van der Waals surface area contributed by atoms with E-state index in [1.807, 2.05) is 19.3 Å². The molecule has 5 nitrogen and oxygen atoms in total. The number of nitrogens with zero attached hydrogens (tertiary/aromatic N) is 2. The number of thiocarbonyl (C=S) groups is 1. The van der Waals surface area contributed by atoms with Crippen LogP contribution in [0.15, 0.2) is 12.3 Å². The van der Waals surface area contributed by atoms with E-state index >= 15 is 0 Å². The van der Waals surface area contributed by atoms with E-state index in [2.05, 4.69) is 10.4 Å². The highest BCUT2D eigenvalue weighted by Crippen LogP contribution is 2.46. The van der Waals surface area contributed by atoms with Gasteiger partial charge in [-0.1, -0.05) is 12.2 Å². The van der Waals surface area contributed by atoms with Crippen molar-refractivity contribution < 1.29 is 4.79 Å². The summed E-state index contributed by atoms with van der Waals surface area (Å²) in [7, 11) is 1.84. The SMILES string of the molecule is Cn1ccc(CNC(=O)C2(C(N)=S)CC2)n1. The van der Waals surface area contributed by atoms with Gasteiger partial charge in [-0.3, -0.25) is 9.48 Å². The molecule has 1 amide bonds. The highest BCUT2D eigenvalue weighted by Gasteiger charge is 2.52. The van der Waals surface area contributed by atoms with Gasteiger partial charge in [0.1, 0.15) is 0 Å². The van der Waals surface area contributed by atoms with E-state index in [9.17, 15) is 4.79 Å². The molecule has 0 unspecified atom stereocenters. The van der Waals surface area contributed by atoms with Crippen molar-refractivity contribution in [2.45, 2.75) is 19.4 Å². The molecule has 6 heteroatoms. The molecular formula is C10H14N4OS. The maximum atomic E-state index is 11.8. The zero-order chi connectivity index (χ0) is 11.8. The van der Waals surface area contributed by atoms with Crippen molar-refractivity contribution in [3.05, 3.63) is 18.0 Å². The fourth-order valence-electron chi connectivity index (χ4n) is 1.61. The van der Waals surface area contributed by atoms with Crippen LogP contribution in [0.4, 0.5) is 0 Å². The molecule has 1 heterocycles. The van der Waals surface area contributed by atoms with Crippen LogP contribution in [0.3, 0.4) is 0 Å². The smallest absolute Gasteiger partial charge is 0.233 e. The van der Waals surface area contributed by atoms with Crippen LogP contribution >= 0.6 is 12.2 Å². The predicted octanol–water partition coefficient (Wildman–Crippen LogP) is 0.103. The Morgan fingerprint density at radius 2 is 2.44 bits per heavy atom. The summed E-state index contributed by atoms with van der Waals surface area (Å²) in [5, 5.41) is 6.98. The zero-order valence-electron chi connectivity index (χ0n) is 9.06. The van der Waals surface area contributed by atoms with Crippen molar-refractivity contribution in [2.24, 2.45) is 18.2 Å². The first-order valence-electron chi connectivity index (χ1n) is 5.11. The summed E-state index contributed by atoms with van der Waals surface area (Å²) in [6.45, 7) is 0.421. The molecule has 1 fully saturated rings. The van der Waals surface area contributed by atoms with E-state index < -0.39 is 5.41 Å². The van der Waals surface area contributed by atoms with Crippen LogP contribution in [0, 0.1) is 5.41 Å². The van der Waals surface area contributed by atoms with Gasteiger partial charge in [-0.05, 0) is 18.9 Å². The zero-order valence-corrected chi connectivity index (χ0v) is 9.88. The van der Waals surface area contributed by atoms with Crippen LogP contribution in [-0.4, -0.2) is 20.7 Å². The van der Waals surface area contributed by atoms with E-state index in [4.69, 9.17) is 18.0 Å². The first-order chi connectivity index (χ1) is 7.54. The van der Waals surface area contributed by atoms with Gasteiger partial charge < -0.3 is 11.1 Å². The lowest BCUT2D eigenvalue weighted by molar-refractivity contribution is -0.124. The van der Waals surface area contributed by atoms with Crippen molar-refractivity contribution in [3.63, 3.8) is 0 Å². The number of amides is 1. The number of carbonyl (C=O) groups excluding carboxylic acids is 1. The number of rotatable bonds is 4. The summed E-state index contributed by atoms with van der Waals surface area (Å²) in [6.07, 6.45) is 3.36. The maximum absolute atomic E-state index is 11.8. The van der Waals surface area contributed by atoms with E-state index in [1.165, 1.54) is 0 Å². The molecule has 1 aromatic rings. The molecule has 0 aromatic carbocycles. The fourth-order valence-corrected chi connectivity index (χ4v) is 1.90. The number of nitrogens with one attached hydrogen (secondary N) is 1.